The van der Waals surface area contributed by atoms with Crippen molar-refractivity contribution in [2.75, 3.05) is 6.54 Å². The Balaban J connectivity index is 2.63. The van der Waals surface area contributed by atoms with Gasteiger partial charge in [0.25, 0.3) is 0 Å². The highest BCUT2D eigenvalue weighted by Gasteiger charge is 2.01. The van der Waals surface area contributed by atoms with E-state index in [1.54, 1.807) is 0 Å². The summed E-state index contributed by atoms with van der Waals surface area (Å²) < 4.78 is 0. The van der Waals surface area contributed by atoms with Crippen molar-refractivity contribution in [3.05, 3.63) is 41.5 Å². The number of benzene rings is 1. The molecule has 0 radical (unpaired) electrons. The van der Waals surface area contributed by atoms with Crippen molar-refractivity contribution >= 4 is 12.0 Å². The molecule has 0 aliphatic rings. The smallest absolute Gasteiger partial charge is 0.246 e. The first-order chi connectivity index (χ1) is 7.24. The van der Waals surface area contributed by atoms with Crippen molar-refractivity contribution in [1.29, 1.82) is 0 Å². The van der Waals surface area contributed by atoms with Crippen LogP contribution < -0.4 is 5.32 Å². The predicted molar refractivity (Wildman–Crippen MR) is 63.4 cm³/mol. The fourth-order valence-electron chi connectivity index (χ4n) is 1.24. The number of carbonyl (C=O) groups excluding carboxylic acids is 1. The SMILES string of the molecule is CCCNC(=O)/C(C)=C/c1ccccc1. The molecule has 0 aliphatic heterocycles. The number of hydrogen-bond donors (Lipinski definition) is 1. The summed E-state index contributed by atoms with van der Waals surface area (Å²) in [6.45, 7) is 4.60. The summed E-state index contributed by atoms with van der Waals surface area (Å²) in [5.41, 5.74) is 1.80. The number of rotatable bonds is 4. The van der Waals surface area contributed by atoms with Gasteiger partial charge in [-0.2, -0.15) is 0 Å². The summed E-state index contributed by atoms with van der Waals surface area (Å²) in [6.07, 6.45) is 2.86. The topological polar surface area (TPSA) is 29.1 Å². The van der Waals surface area contributed by atoms with E-state index in [9.17, 15) is 4.79 Å². The highest BCUT2D eigenvalue weighted by atomic mass is 16.1. The van der Waals surface area contributed by atoms with Gasteiger partial charge in [-0.25, -0.2) is 0 Å². The second-order valence-electron chi connectivity index (χ2n) is 3.49. The average Bonchev–Trinajstić information content (AvgIpc) is 2.27. The van der Waals surface area contributed by atoms with Gasteiger partial charge in [0, 0.05) is 12.1 Å². The van der Waals surface area contributed by atoms with Crippen LogP contribution in [-0.2, 0) is 4.79 Å². The molecule has 2 nitrogen and oxygen atoms in total. The fourth-order valence-corrected chi connectivity index (χ4v) is 1.24. The molecule has 0 fully saturated rings. The molecule has 0 aliphatic carbocycles. The predicted octanol–water partition coefficient (Wildman–Crippen LogP) is 2.62. The Kier molecular flexibility index (Phi) is 4.61. The lowest BCUT2D eigenvalue weighted by Crippen LogP contribution is -2.24. The largest absolute Gasteiger partial charge is 0.352 e. The summed E-state index contributed by atoms with van der Waals surface area (Å²) in [5, 5.41) is 2.85. The molecule has 80 valence electrons. The van der Waals surface area contributed by atoms with Crippen LogP contribution in [0.15, 0.2) is 35.9 Å². The first-order valence-corrected chi connectivity index (χ1v) is 5.25. The molecule has 0 aromatic heterocycles. The molecule has 0 spiro atoms. The summed E-state index contributed by atoms with van der Waals surface area (Å²) in [7, 11) is 0. The molecule has 0 atom stereocenters. The molecule has 0 unspecified atom stereocenters. The average molecular weight is 203 g/mol. The molecule has 1 N–H and O–H groups in total. The Labute approximate surface area is 91.0 Å². The summed E-state index contributed by atoms with van der Waals surface area (Å²) in [5.74, 6) is 0.0145. The van der Waals surface area contributed by atoms with Gasteiger partial charge in [0.1, 0.15) is 0 Å². The second-order valence-corrected chi connectivity index (χ2v) is 3.49. The maximum atomic E-state index is 11.5. The van der Waals surface area contributed by atoms with E-state index in [1.807, 2.05) is 50.3 Å². The van der Waals surface area contributed by atoms with E-state index in [-0.39, 0.29) is 5.91 Å². The number of carbonyl (C=O) groups is 1. The molecule has 1 amide bonds. The summed E-state index contributed by atoms with van der Waals surface area (Å²) in [6, 6.07) is 9.85. The molecule has 0 saturated carbocycles. The number of nitrogens with one attached hydrogen (secondary N) is 1. The quantitative estimate of drug-likeness (QED) is 0.749. The highest BCUT2D eigenvalue weighted by Crippen LogP contribution is 2.05. The molecule has 0 bridgehead atoms. The van der Waals surface area contributed by atoms with Gasteiger partial charge >= 0.3 is 0 Å². The van der Waals surface area contributed by atoms with Gasteiger partial charge in [-0.3, -0.25) is 4.79 Å². The molecule has 2 heteroatoms. The maximum Gasteiger partial charge on any atom is 0.246 e. The zero-order valence-corrected chi connectivity index (χ0v) is 9.29. The van der Waals surface area contributed by atoms with Crippen LogP contribution in [0.25, 0.3) is 6.08 Å². The highest BCUT2D eigenvalue weighted by molar-refractivity contribution is 5.97. The first-order valence-electron chi connectivity index (χ1n) is 5.25. The van der Waals surface area contributed by atoms with Crippen molar-refractivity contribution in [2.45, 2.75) is 20.3 Å². The van der Waals surface area contributed by atoms with Crippen LogP contribution in [0.5, 0.6) is 0 Å². The van der Waals surface area contributed by atoms with Crippen LogP contribution >= 0.6 is 0 Å². The molecular weight excluding hydrogens is 186 g/mol. The van der Waals surface area contributed by atoms with Crippen molar-refractivity contribution in [2.24, 2.45) is 0 Å². The van der Waals surface area contributed by atoms with Crippen LogP contribution in [-0.4, -0.2) is 12.5 Å². The Morgan fingerprint density at radius 1 is 1.33 bits per heavy atom. The Morgan fingerprint density at radius 3 is 2.60 bits per heavy atom. The van der Waals surface area contributed by atoms with Crippen molar-refractivity contribution in [3.8, 4) is 0 Å². The lowest BCUT2D eigenvalue weighted by Gasteiger charge is -2.03. The van der Waals surface area contributed by atoms with Gasteiger partial charge in [0.15, 0.2) is 0 Å². The van der Waals surface area contributed by atoms with E-state index in [4.69, 9.17) is 0 Å². The minimum Gasteiger partial charge on any atom is -0.352 e. The van der Waals surface area contributed by atoms with Crippen molar-refractivity contribution in [1.82, 2.24) is 5.32 Å². The van der Waals surface area contributed by atoms with Crippen molar-refractivity contribution < 1.29 is 4.79 Å². The molecule has 0 heterocycles. The van der Waals surface area contributed by atoms with Gasteiger partial charge < -0.3 is 5.32 Å². The minimum absolute atomic E-state index is 0.0145. The van der Waals surface area contributed by atoms with Gasteiger partial charge in [-0.05, 0) is 25.0 Å². The van der Waals surface area contributed by atoms with Crippen LogP contribution in [0.4, 0.5) is 0 Å². The summed E-state index contributed by atoms with van der Waals surface area (Å²) in [4.78, 5) is 11.5. The second kappa shape index (κ2) is 6.02. The van der Waals surface area contributed by atoms with Crippen LogP contribution in [0.1, 0.15) is 25.8 Å². The number of hydrogen-bond acceptors (Lipinski definition) is 1. The van der Waals surface area contributed by atoms with E-state index in [0.717, 1.165) is 24.1 Å². The molecular formula is C13H17NO. The van der Waals surface area contributed by atoms with Gasteiger partial charge in [0.2, 0.25) is 5.91 Å². The van der Waals surface area contributed by atoms with Crippen LogP contribution in [0.2, 0.25) is 0 Å². The lowest BCUT2D eigenvalue weighted by molar-refractivity contribution is -0.117. The Morgan fingerprint density at radius 2 is 2.00 bits per heavy atom. The van der Waals surface area contributed by atoms with Gasteiger partial charge in [-0.1, -0.05) is 37.3 Å². The van der Waals surface area contributed by atoms with Crippen LogP contribution in [0.3, 0.4) is 0 Å². The van der Waals surface area contributed by atoms with E-state index in [2.05, 4.69) is 5.32 Å². The normalized spacial score (nSPS) is 11.2. The van der Waals surface area contributed by atoms with Gasteiger partial charge in [-0.15, -0.1) is 0 Å². The lowest BCUT2D eigenvalue weighted by atomic mass is 10.1. The summed E-state index contributed by atoms with van der Waals surface area (Å²) >= 11 is 0. The van der Waals surface area contributed by atoms with E-state index < -0.39 is 0 Å². The zero-order chi connectivity index (χ0) is 11.1. The van der Waals surface area contributed by atoms with Gasteiger partial charge in [0.05, 0.1) is 0 Å². The molecule has 0 saturated heterocycles. The third-order valence-electron chi connectivity index (χ3n) is 2.08. The standard InChI is InChI=1S/C13H17NO/c1-3-9-14-13(15)11(2)10-12-7-5-4-6-8-12/h4-8,10H,3,9H2,1-2H3,(H,14,15)/b11-10+. The molecule has 1 aromatic rings. The van der Waals surface area contributed by atoms with Crippen molar-refractivity contribution in [3.63, 3.8) is 0 Å². The number of amides is 1. The first kappa shape index (κ1) is 11.5. The minimum atomic E-state index is 0.0145. The monoisotopic (exact) mass is 203 g/mol. The van der Waals surface area contributed by atoms with E-state index in [0.29, 0.717) is 0 Å². The molecule has 1 aromatic carbocycles. The van der Waals surface area contributed by atoms with E-state index >= 15 is 0 Å². The maximum absolute atomic E-state index is 11.5. The fraction of sp³-hybridized carbons (Fsp3) is 0.308. The molecule has 15 heavy (non-hydrogen) atoms. The third-order valence-corrected chi connectivity index (χ3v) is 2.08. The van der Waals surface area contributed by atoms with E-state index in [1.165, 1.54) is 0 Å². The molecule has 1 rings (SSSR count). The third kappa shape index (κ3) is 3.98. The zero-order valence-electron chi connectivity index (χ0n) is 9.29. The van der Waals surface area contributed by atoms with Crippen LogP contribution in [0, 0.1) is 0 Å². The Bertz CT molecular complexity index is 341. The Hall–Kier alpha value is -1.57.